The lowest BCUT2D eigenvalue weighted by molar-refractivity contribution is -0.140. The topological polar surface area (TPSA) is 63.9 Å². The summed E-state index contributed by atoms with van der Waals surface area (Å²) in [4.78, 5) is 31.3. The van der Waals surface area contributed by atoms with Gasteiger partial charge in [-0.15, -0.1) is 23.1 Å². The Morgan fingerprint density at radius 1 is 1.52 bits per heavy atom. The smallest absolute Gasteiger partial charge is 0.258 e. The zero-order chi connectivity index (χ0) is 16.4. The summed E-state index contributed by atoms with van der Waals surface area (Å²) in [5, 5.41) is 1.84. The predicted octanol–water partition coefficient (Wildman–Crippen LogP) is 1.62. The summed E-state index contributed by atoms with van der Waals surface area (Å²) in [6.45, 7) is 5.21. The monoisotopic (exact) mass is 353 g/mol. The number of carbonyl (C=O) groups is 1. The van der Waals surface area contributed by atoms with Crippen LogP contribution in [-0.2, 0) is 15.3 Å². The second kappa shape index (κ2) is 7.02. The van der Waals surface area contributed by atoms with E-state index in [0.717, 1.165) is 5.69 Å². The molecule has 0 N–H and O–H groups in total. The summed E-state index contributed by atoms with van der Waals surface area (Å²) >= 11 is 2.93. The van der Waals surface area contributed by atoms with Gasteiger partial charge >= 0.3 is 0 Å². The molecule has 1 fully saturated rings. The summed E-state index contributed by atoms with van der Waals surface area (Å²) in [6, 6.07) is 1.65. The van der Waals surface area contributed by atoms with Crippen molar-refractivity contribution in [3.05, 3.63) is 33.7 Å². The van der Waals surface area contributed by atoms with Crippen molar-refractivity contribution < 1.29 is 9.53 Å². The first-order valence-electron chi connectivity index (χ1n) is 7.49. The Morgan fingerprint density at radius 2 is 2.35 bits per heavy atom. The van der Waals surface area contributed by atoms with E-state index in [2.05, 4.69) is 4.98 Å². The van der Waals surface area contributed by atoms with Crippen LogP contribution < -0.4 is 5.56 Å². The molecule has 2 atom stereocenters. The van der Waals surface area contributed by atoms with E-state index in [1.165, 1.54) is 33.6 Å². The molecule has 23 heavy (non-hydrogen) atoms. The molecule has 8 heteroatoms. The van der Waals surface area contributed by atoms with Gasteiger partial charge in [0.25, 0.3) is 5.56 Å². The minimum atomic E-state index is -0.0752. The summed E-state index contributed by atoms with van der Waals surface area (Å²) < 4.78 is 7.07. The van der Waals surface area contributed by atoms with Gasteiger partial charge in [-0.25, -0.2) is 4.98 Å². The van der Waals surface area contributed by atoms with Crippen molar-refractivity contribution in [2.45, 2.75) is 31.7 Å². The van der Waals surface area contributed by atoms with Gasteiger partial charge in [-0.3, -0.25) is 14.0 Å². The van der Waals surface area contributed by atoms with Gasteiger partial charge in [0, 0.05) is 29.9 Å². The fourth-order valence-electron chi connectivity index (χ4n) is 2.54. The molecule has 1 saturated heterocycles. The fraction of sp³-hybridized carbons (Fsp3) is 0.533. The molecule has 1 aliphatic heterocycles. The highest BCUT2D eigenvalue weighted by Crippen LogP contribution is 2.16. The van der Waals surface area contributed by atoms with E-state index in [1.54, 1.807) is 6.20 Å². The number of nitrogens with zero attached hydrogens (tertiary/aromatic N) is 3. The third kappa shape index (κ3) is 3.76. The van der Waals surface area contributed by atoms with Crippen LogP contribution in [0.5, 0.6) is 0 Å². The number of hydrogen-bond donors (Lipinski definition) is 0. The summed E-state index contributed by atoms with van der Waals surface area (Å²) in [5.41, 5.74) is 0.646. The van der Waals surface area contributed by atoms with E-state index in [9.17, 15) is 9.59 Å². The molecule has 0 radical (unpaired) electrons. The lowest BCUT2D eigenvalue weighted by Gasteiger charge is -2.36. The third-order valence-electron chi connectivity index (χ3n) is 3.76. The van der Waals surface area contributed by atoms with E-state index < -0.39 is 0 Å². The zero-order valence-corrected chi connectivity index (χ0v) is 14.7. The van der Waals surface area contributed by atoms with Crippen molar-refractivity contribution in [1.82, 2.24) is 14.3 Å². The number of rotatable bonds is 4. The molecule has 2 aromatic rings. The van der Waals surface area contributed by atoms with Crippen LogP contribution in [0.3, 0.4) is 0 Å². The number of thiazole rings is 1. The maximum atomic E-state index is 12.3. The van der Waals surface area contributed by atoms with Crippen molar-refractivity contribution in [2.24, 2.45) is 0 Å². The van der Waals surface area contributed by atoms with E-state index in [1.807, 2.05) is 24.1 Å². The first-order valence-corrected chi connectivity index (χ1v) is 9.52. The number of morpholine rings is 1. The molecule has 0 aliphatic carbocycles. The average molecular weight is 353 g/mol. The Labute approximate surface area is 142 Å². The minimum Gasteiger partial charge on any atom is -0.375 e. The van der Waals surface area contributed by atoms with Crippen LogP contribution in [0.25, 0.3) is 4.96 Å². The van der Waals surface area contributed by atoms with Crippen LogP contribution in [0.2, 0.25) is 0 Å². The number of carbonyl (C=O) groups excluding carboxylic acids is 1. The maximum absolute atomic E-state index is 12.3. The molecule has 3 heterocycles. The second-order valence-electron chi connectivity index (χ2n) is 5.67. The molecule has 2 aromatic heterocycles. The highest BCUT2D eigenvalue weighted by Gasteiger charge is 2.27. The quantitative estimate of drug-likeness (QED) is 0.836. The molecule has 3 rings (SSSR count). The van der Waals surface area contributed by atoms with Gasteiger partial charge in [-0.2, -0.15) is 0 Å². The number of ether oxygens (including phenoxy) is 1. The number of thioether (sulfide) groups is 1. The summed E-state index contributed by atoms with van der Waals surface area (Å²) in [6.07, 6.45) is 1.81. The molecule has 6 nitrogen and oxygen atoms in total. The van der Waals surface area contributed by atoms with Crippen molar-refractivity contribution >= 4 is 34.0 Å². The molecule has 0 bridgehead atoms. The Morgan fingerprint density at radius 3 is 3.17 bits per heavy atom. The molecule has 1 aliphatic rings. The standard InChI is InChI=1S/C15H19N3O3S2/c1-10-7-21-11(2)6-18(10)14(20)9-22-8-12-5-13(19)17-3-4-23-15(17)16-12/h3-5,10-11H,6-9H2,1-2H3. The normalized spacial score (nSPS) is 21.7. The van der Waals surface area contributed by atoms with Crippen molar-refractivity contribution in [2.75, 3.05) is 18.9 Å². The van der Waals surface area contributed by atoms with Gasteiger partial charge in [0.05, 0.1) is 30.2 Å². The summed E-state index contributed by atoms with van der Waals surface area (Å²) in [7, 11) is 0. The molecule has 0 saturated carbocycles. The van der Waals surface area contributed by atoms with E-state index >= 15 is 0 Å². The molecule has 2 unspecified atom stereocenters. The van der Waals surface area contributed by atoms with Gasteiger partial charge < -0.3 is 9.64 Å². The van der Waals surface area contributed by atoms with Gasteiger partial charge in [-0.1, -0.05) is 0 Å². The zero-order valence-electron chi connectivity index (χ0n) is 13.1. The maximum Gasteiger partial charge on any atom is 0.258 e. The number of fused-ring (bicyclic) bond motifs is 1. The Bertz CT molecular complexity index is 758. The van der Waals surface area contributed by atoms with Crippen LogP contribution >= 0.6 is 23.1 Å². The number of aromatic nitrogens is 2. The van der Waals surface area contributed by atoms with Crippen molar-refractivity contribution in [3.8, 4) is 0 Å². The highest BCUT2D eigenvalue weighted by molar-refractivity contribution is 7.99. The Balaban J connectivity index is 1.57. The Kier molecular flexibility index (Phi) is 5.03. The van der Waals surface area contributed by atoms with Crippen molar-refractivity contribution in [3.63, 3.8) is 0 Å². The highest BCUT2D eigenvalue weighted by atomic mass is 32.2. The van der Waals surface area contributed by atoms with Crippen LogP contribution in [0.15, 0.2) is 22.4 Å². The van der Waals surface area contributed by atoms with E-state index in [-0.39, 0.29) is 23.6 Å². The third-order valence-corrected chi connectivity index (χ3v) is 5.47. The van der Waals surface area contributed by atoms with Crippen LogP contribution in [0.1, 0.15) is 19.5 Å². The lowest BCUT2D eigenvalue weighted by Crippen LogP contribution is -2.50. The van der Waals surface area contributed by atoms with Crippen LogP contribution in [-0.4, -0.2) is 51.2 Å². The lowest BCUT2D eigenvalue weighted by atomic mass is 10.2. The van der Waals surface area contributed by atoms with Gasteiger partial charge in [0.15, 0.2) is 4.96 Å². The molecular weight excluding hydrogens is 334 g/mol. The average Bonchev–Trinajstić information content (AvgIpc) is 2.98. The van der Waals surface area contributed by atoms with Gasteiger partial charge in [0.1, 0.15) is 0 Å². The molecule has 1 amide bonds. The SMILES string of the molecule is CC1CN(C(=O)CSCc2cc(=O)n3ccsc3n2)C(C)CO1. The van der Waals surface area contributed by atoms with E-state index in [4.69, 9.17) is 4.74 Å². The van der Waals surface area contributed by atoms with E-state index in [0.29, 0.717) is 29.6 Å². The van der Waals surface area contributed by atoms with Crippen LogP contribution in [0.4, 0.5) is 0 Å². The predicted molar refractivity (Wildman–Crippen MR) is 92.1 cm³/mol. The molecule has 0 aromatic carbocycles. The molecule has 0 spiro atoms. The van der Waals surface area contributed by atoms with Crippen molar-refractivity contribution in [1.29, 1.82) is 0 Å². The van der Waals surface area contributed by atoms with Crippen LogP contribution in [0, 0.1) is 0 Å². The molecule has 124 valence electrons. The van der Waals surface area contributed by atoms with Gasteiger partial charge in [0.2, 0.25) is 5.91 Å². The second-order valence-corrected chi connectivity index (χ2v) is 7.53. The van der Waals surface area contributed by atoms with Gasteiger partial charge in [-0.05, 0) is 13.8 Å². The number of amides is 1. The first-order chi connectivity index (χ1) is 11.0. The minimum absolute atomic E-state index is 0.0752. The number of hydrogen-bond acceptors (Lipinski definition) is 6. The summed E-state index contributed by atoms with van der Waals surface area (Å²) in [5.74, 6) is 1.07. The fourth-order valence-corrected chi connectivity index (χ4v) is 4.08. The first kappa shape index (κ1) is 16.5. The Hall–Kier alpha value is -1.38. The largest absolute Gasteiger partial charge is 0.375 e. The molecular formula is C15H19N3O3S2.